The van der Waals surface area contributed by atoms with Crippen molar-refractivity contribution in [3.63, 3.8) is 0 Å². The minimum atomic E-state index is 0.460. The molecular weight excluding hydrogens is 204 g/mol. The molecule has 0 radical (unpaired) electrons. The first kappa shape index (κ1) is 15.8. The average molecular weight is 232 g/mol. The zero-order valence-electron chi connectivity index (χ0n) is 10.8. The average Bonchev–Trinajstić information content (AvgIpc) is 2.31. The van der Waals surface area contributed by atoms with E-state index in [1.54, 1.807) is 0 Å². The van der Waals surface area contributed by atoms with Crippen LogP contribution in [0.1, 0.15) is 26.7 Å². The van der Waals surface area contributed by atoms with Gasteiger partial charge < -0.3 is 20.9 Å². The van der Waals surface area contributed by atoms with E-state index >= 15 is 0 Å². The van der Waals surface area contributed by atoms with Crippen LogP contribution in [0.2, 0.25) is 0 Å². The minimum Gasteiger partial charge on any atom is -0.381 e. The molecule has 16 heavy (non-hydrogen) atoms. The molecule has 0 fully saturated rings. The maximum absolute atomic E-state index is 5.48. The second-order valence-corrected chi connectivity index (χ2v) is 4.54. The van der Waals surface area contributed by atoms with Crippen molar-refractivity contribution in [1.82, 2.24) is 0 Å². The summed E-state index contributed by atoms with van der Waals surface area (Å²) in [5.41, 5.74) is 11.0. The first-order valence-corrected chi connectivity index (χ1v) is 6.26. The lowest BCUT2D eigenvalue weighted by atomic mass is 10.2. The molecule has 0 saturated heterocycles. The third kappa shape index (κ3) is 10.4. The van der Waals surface area contributed by atoms with Gasteiger partial charge >= 0.3 is 0 Å². The van der Waals surface area contributed by atoms with E-state index in [4.69, 9.17) is 20.9 Å². The Labute approximate surface area is 99.7 Å². The maximum Gasteiger partial charge on any atom is 0.0503 e. The molecule has 4 nitrogen and oxygen atoms in total. The Kier molecular flexibility index (Phi) is 11.2. The molecular formula is C12H28N2O2. The summed E-state index contributed by atoms with van der Waals surface area (Å²) in [5, 5.41) is 0. The molecule has 4 heteroatoms. The SMILES string of the molecule is CC(CN)COCCCCOCC(C)CN. The van der Waals surface area contributed by atoms with E-state index in [-0.39, 0.29) is 0 Å². The van der Waals surface area contributed by atoms with Gasteiger partial charge in [0.2, 0.25) is 0 Å². The van der Waals surface area contributed by atoms with Crippen molar-refractivity contribution in [3.8, 4) is 0 Å². The van der Waals surface area contributed by atoms with Gasteiger partial charge in [0.25, 0.3) is 0 Å². The first-order valence-electron chi connectivity index (χ1n) is 6.26. The van der Waals surface area contributed by atoms with Gasteiger partial charge in [0.05, 0.1) is 13.2 Å². The Morgan fingerprint density at radius 3 is 1.50 bits per heavy atom. The molecule has 0 aliphatic rings. The van der Waals surface area contributed by atoms with Crippen molar-refractivity contribution in [2.24, 2.45) is 23.3 Å². The van der Waals surface area contributed by atoms with E-state index in [9.17, 15) is 0 Å². The zero-order valence-corrected chi connectivity index (χ0v) is 10.8. The van der Waals surface area contributed by atoms with Crippen molar-refractivity contribution in [1.29, 1.82) is 0 Å². The Bertz CT molecular complexity index is 129. The van der Waals surface area contributed by atoms with Crippen molar-refractivity contribution in [2.75, 3.05) is 39.5 Å². The zero-order chi connectivity index (χ0) is 12.2. The Morgan fingerprint density at radius 1 is 0.812 bits per heavy atom. The number of ether oxygens (including phenoxy) is 2. The van der Waals surface area contributed by atoms with Crippen LogP contribution in [0.3, 0.4) is 0 Å². The molecule has 0 aliphatic heterocycles. The van der Waals surface area contributed by atoms with Gasteiger partial charge in [-0.2, -0.15) is 0 Å². The molecule has 0 aromatic rings. The molecule has 98 valence electrons. The second-order valence-electron chi connectivity index (χ2n) is 4.54. The first-order chi connectivity index (χ1) is 7.70. The van der Waals surface area contributed by atoms with Crippen LogP contribution in [-0.2, 0) is 9.47 Å². The molecule has 0 amide bonds. The largest absolute Gasteiger partial charge is 0.381 e. The number of hydrogen-bond donors (Lipinski definition) is 2. The summed E-state index contributed by atoms with van der Waals surface area (Å²) in [6, 6.07) is 0. The highest BCUT2D eigenvalue weighted by Gasteiger charge is 1.99. The molecule has 0 rings (SSSR count). The predicted octanol–water partition coefficient (Wildman–Crippen LogP) is 0.989. The summed E-state index contributed by atoms with van der Waals surface area (Å²) >= 11 is 0. The van der Waals surface area contributed by atoms with Crippen molar-refractivity contribution in [3.05, 3.63) is 0 Å². The third-order valence-corrected chi connectivity index (χ3v) is 2.44. The van der Waals surface area contributed by atoms with E-state index in [0.29, 0.717) is 24.9 Å². The lowest BCUT2D eigenvalue weighted by Crippen LogP contribution is -2.17. The summed E-state index contributed by atoms with van der Waals surface area (Å²) in [4.78, 5) is 0. The third-order valence-electron chi connectivity index (χ3n) is 2.44. The quantitative estimate of drug-likeness (QED) is 0.521. The highest BCUT2D eigenvalue weighted by molar-refractivity contribution is 4.51. The van der Waals surface area contributed by atoms with Crippen molar-refractivity contribution in [2.45, 2.75) is 26.7 Å². The smallest absolute Gasteiger partial charge is 0.0503 e. The Hall–Kier alpha value is -0.160. The summed E-state index contributed by atoms with van der Waals surface area (Å²) in [7, 11) is 0. The standard InChI is InChI=1S/C12H28N2O2/c1-11(7-13)9-15-5-3-4-6-16-10-12(2)8-14/h11-12H,3-10,13-14H2,1-2H3. The lowest BCUT2D eigenvalue weighted by molar-refractivity contribution is 0.0795. The fraction of sp³-hybridized carbons (Fsp3) is 1.00. The van der Waals surface area contributed by atoms with Crippen molar-refractivity contribution < 1.29 is 9.47 Å². The topological polar surface area (TPSA) is 70.5 Å². The summed E-state index contributed by atoms with van der Waals surface area (Å²) in [5.74, 6) is 0.920. The van der Waals surface area contributed by atoms with Gasteiger partial charge in [0, 0.05) is 13.2 Å². The van der Waals surface area contributed by atoms with Crippen LogP contribution >= 0.6 is 0 Å². The predicted molar refractivity (Wildman–Crippen MR) is 67.3 cm³/mol. The van der Waals surface area contributed by atoms with Crippen LogP contribution in [0.4, 0.5) is 0 Å². The van der Waals surface area contributed by atoms with Gasteiger partial charge in [0.15, 0.2) is 0 Å². The summed E-state index contributed by atoms with van der Waals surface area (Å²) in [6.07, 6.45) is 2.10. The van der Waals surface area contributed by atoms with Gasteiger partial charge in [-0.05, 0) is 37.8 Å². The molecule has 2 atom stereocenters. The van der Waals surface area contributed by atoms with Crippen LogP contribution in [-0.4, -0.2) is 39.5 Å². The fourth-order valence-electron chi connectivity index (χ4n) is 1.11. The lowest BCUT2D eigenvalue weighted by Gasteiger charge is -2.10. The van der Waals surface area contributed by atoms with E-state index in [1.807, 2.05) is 0 Å². The molecule has 0 bridgehead atoms. The Balaban J connectivity index is 3.04. The summed E-state index contributed by atoms with van der Waals surface area (Å²) < 4.78 is 11.0. The van der Waals surface area contributed by atoms with E-state index in [2.05, 4.69) is 13.8 Å². The van der Waals surface area contributed by atoms with Crippen LogP contribution in [0.5, 0.6) is 0 Å². The van der Waals surface area contributed by atoms with E-state index in [1.165, 1.54) is 0 Å². The van der Waals surface area contributed by atoms with Gasteiger partial charge in [0.1, 0.15) is 0 Å². The van der Waals surface area contributed by atoms with Gasteiger partial charge in [-0.3, -0.25) is 0 Å². The van der Waals surface area contributed by atoms with Gasteiger partial charge in [-0.25, -0.2) is 0 Å². The van der Waals surface area contributed by atoms with E-state index < -0.39 is 0 Å². The number of rotatable bonds is 11. The normalized spacial score (nSPS) is 15.0. The van der Waals surface area contributed by atoms with Crippen LogP contribution in [0.15, 0.2) is 0 Å². The molecule has 0 aromatic heterocycles. The highest BCUT2D eigenvalue weighted by atomic mass is 16.5. The molecule has 0 aliphatic carbocycles. The number of unbranched alkanes of at least 4 members (excludes halogenated alkanes) is 1. The fourth-order valence-corrected chi connectivity index (χ4v) is 1.11. The van der Waals surface area contributed by atoms with Crippen LogP contribution < -0.4 is 11.5 Å². The number of nitrogens with two attached hydrogens (primary N) is 2. The monoisotopic (exact) mass is 232 g/mol. The molecule has 0 spiro atoms. The van der Waals surface area contributed by atoms with Crippen molar-refractivity contribution >= 4 is 0 Å². The molecule has 0 saturated carbocycles. The highest BCUT2D eigenvalue weighted by Crippen LogP contribution is 1.98. The molecule has 4 N–H and O–H groups in total. The maximum atomic E-state index is 5.48. The van der Waals surface area contributed by atoms with Gasteiger partial charge in [-0.1, -0.05) is 13.8 Å². The molecule has 0 heterocycles. The van der Waals surface area contributed by atoms with E-state index in [0.717, 1.165) is 39.3 Å². The van der Waals surface area contributed by atoms with Crippen LogP contribution in [0.25, 0.3) is 0 Å². The van der Waals surface area contributed by atoms with Gasteiger partial charge in [-0.15, -0.1) is 0 Å². The molecule has 2 unspecified atom stereocenters. The summed E-state index contributed by atoms with van der Waals surface area (Å²) in [6.45, 7) is 8.72. The number of hydrogen-bond acceptors (Lipinski definition) is 4. The Morgan fingerprint density at radius 2 is 1.19 bits per heavy atom. The minimum absolute atomic E-state index is 0.460. The molecule has 0 aromatic carbocycles. The van der Waals surface area contributed by atoms with Crippen LogP contribution in [0, 0.1) is 11.8 Å². The second kappa shape index (κ2) is 11.3.